The van der Waals surface area contributed by atoms with Gasteiger partial charge in [0.25, 0.3) is 0 Å². The molecule has 3 nitrogen and oxygen atoms in total. The molecular weight excluding hydrogens is 295 g/mol. The van der Waals surface area contributed by atoms with Crippen LogP contribution in [0.3, 0.4) is 0 Å². The first-order valence-electron chi connectivity index (χ1n) is 7.47. The maximum atomic E-state index is 13.0. The van der Waals surface area contributed by atoms with Crippen LogP contribution in [0.2, 0.25) is 0 Å². The van der Waals surface area contributed by atoms with Gasteiger partial charge in [0.15, 0.2) is 0 Å². The van der Waals surface area contributed by atoms with E-state index >= 15 is 0 Å². The summed E-state index contributed by atoms with van der Waals surface area (Å²) in [6, 6.07) is 7.72. The quantitative estimate of drug-likeness (QED) is 0.895. The number of halogens is 3. The molecular formula is C16H20F3NO2. The van der Waals surface area contributed by atoms with E-state index in [0.717, 1.165) is 0 Å². The summed E-state index contributed by atoms with van der Waals surface area (Å²) >= 11 is 0. The molecule has 1 aromatic rings. The van der Waals surface area contributed by atoms with Gasteiger partial charge in [-0.2, -0.15) is 13.2 Å². The maximum Gasteiger partial charge on any atom is 0.393 e. The highest BCUT2D eigenvalue weighted by Gasteiger charge is 2.45. The SMILES string of the molecule is O=C(CC(O)c1ccccc1)NC1CCCCC1C(F)(F)F. The highest BCUT2D eigenvalue weighted by molar-refractivity contribution is 5.77. The molecule has 0 aromatic heterocycles. The van der Waals surface area contributed by atoms with Crippen LogP contribution in [0.15, 0.2) is 30.3 Å². The number of amides is 1. The fourth-order valence-electron chi connectivity index (χ4n) is 2.93. The zero-order chi connectivity index (χ0) is 16.2. The van der Waals surface area contributed by atoms with Crippen LogP contribution in [0.5, 0.6) is 0 Å². The molecule has 0 spiro atoms. The molecule has 122 valence electrons. The van der Waals surface area contributed by atoms with Gasteiger partial charge >= 0.3 is 6.18 Å². The number of aliphatic hydroxyl groups excluding tert-OH is 1. The molecule has 0 radical (unpaired) electrons. The average Bonchev–Trinajstić information content (AvgIpc) is 2.47. The largest absolute Gasteiger partial charge is 0.393 e. The second-order valence-electron chi connectivity index (χ2n) is 5.74. The Labute approximate surface area is 127 Å². The van der Waals surface area contributed by atoms with E-state index in [4.69, 9.17) is 0 Å². The molecule has 0 heterocycles. The van der Waals surface area contributed by atoms with Gasteiger partial charge in [-0.15, -0.1) is 0 Å². The van der Waals surface area contributed by atoms with E-state index in [1.807, 2.05) is 0 Å². The Kier molecular flexibility index (Phi) is 5.45. The van der Waals surface area contributed by atoms with E-state index in [2.05, 4.69) is 5.32 Å². The minimum Gasteiger partial charge on any atom is -0.388 e. The molecule has 2 N–H and O–H groups in total. The van der Waals surface area contributed by atoms with E-state index in [1.165, 1.54) is 0 Å². The summed E-state index contributed by atoms with van der Waals surface area (Å²) in [4.78, 5) is 11.9. The third-order valence-corrected chi connectivity index (χ3v) is 4.10. The minimum absolute atomic E-state index is 0.0513. The van der Waals surface area contributed by atoms with E-state index in [0.29, 0.717) is 24.8 Å². The van der Waals surface area contributed by atoms with Crippen LogP contribution in [0.4, 0.5) is 13.2 Å². The number of carbonyl (C=O) groups excluding carboxylic acids is 1. The Balaban J connectivity index is 1.93. The van der Waals surface area contributed by atoms with Crippen LogP contribution in [-0.2, 0) is 4.79 Å². The Bertz CT molecular complexity index is 490. The molecule has 1 aliphatic carbocycles. The van der Waals surface area contributed by atoms with Crippen molar-refractivity contribution in [3.63, 3.8) is 0 Å². The molecule has 1 amide bonds. The number of rotatable bonds is 4. The van der Waals surface area contributed by atoms with Crippen LogP contribution < -0.4 is 5.32 Å². The Hall–Kier alpha value is -1.56. The van der Waals surface area contributed by atoms with Crippen LogP contribution in [0, 0.1) is 5.92 Å². The molecule has 1 aliphatic rings. The zero-order valence-corrected chi connectivity index (χ0v) is 12.1. The average molecular weight is 315 g/mol. The van der Waals surface area contributed by atoms with Crippen molar-refractivity contribution in [1.82, 2.24) is 5.32 Å². The lowest BCUT2D eigenvalue weighted by atomic mass is 9.84. The van der Waals surface area contributed by atoms with E-state index < -0.39 is 30.1 Å². The zero-order valence-electron chi connectivity index (χ0n) is 12.1. The van der Waals surface area contributed by atoms with Gasteiger partial charge in [0.2, 0.25) is 5.91 Å². The third kappa shape index (κ3) is 4.47. The molecule has 6 heteroatoms. The Morgan fingerprint density at radius 2 is 1.86 bits per heavy atom. The molecule has 22 heavy (non-hydrogen) atoms. The molecule has 0 bridgehead atoms. The number of hydrogen-bond donors (Lipinski definition) is 2. The van der Waals surface area contributed by atoms with Crippen LogP contribution in [0.25, 0.3) is 0 Å². The summed E-state index contributed by atoms with van der Waals surface area (Å²) < 4.78 is 38.9. The molecule has 1 aromatic carbocycles. The molecule has 0 aliphatic heterocycles. The van der Waals surface area contributed by atoms with Gasteiger partial charge in [-0.25, -0.2) is 0 Å². The van der Waals surface area contributed by atoms with Crippen molar-refractivity contribution in [3.8, 4) is 0 Å². The number of nitrogens with one attached hydrogen (secondary N) is 1. The number of carbonyl (C=O) groups is 1. The van der Waals surface area contributed by atoms with Crippen molar-refractivity contribution in [2.24, 2.45) is 5.92 Å². The first-order valence-corrected chi connectivity index (χ1v) is 7.47. The fourth-order valence-corrected chi connectivity index (χ4v) is 2.93. The molecule has 2 rings (SSSR count). The van der Waals surface area contributed by atoms with Crippen LogP contribution in [0.1, 0.15) is 43.8 Å². The van der Waals surface area contributed by atoms with Gasteiger partial charge in [0.05, 0.1) is 18.4 Å². The van der Waals surface area contributed by atoms with Crippen LogP contribution in [-0.4, -0.2) is 23.2 Å². The fraction of sp³-hybridized carbons (Fsp3) is 0.562. The van der Waals surface area contributed by atoms with Crippen molar-refractivity contribution in [3.05, 3.63) is 35.9 Å². The van der Waals surface area contributed by atoms with Gasteiger partial charge in [-0.1, -0.05) is 43.2 Å². The number of alkyl halides is 3. The predicted octanol–water partition coefficient (Wildman–Crippen LogP) is 3.35. The first-order chi connectivity index (χ1) is 10.4. The number of aliphatic hydroxyl groups is 1. The van der Waals surface area contributed by atoms with Crippen molar-refractivity contribution in [2.45, 2.75) is 50.4 Å². The highest BCUT2D eigenvalue weighted by Crippen LogP contribution is 2.37. The third-order valence-electron chi connectivity index (χ3n) is 4.10. The summed E-state index contributed by atoms with van der Waals surface area (Å²) in [5.41, 5.74) is 0.577. The normalized spacial score (nSPS) is 23.8. The van der Waals surface area contributed by atoms with Gasteiger partial charge in [0.1, 0.15) is 0 Å². The molecule has 1 saturated carbocycles. The van der Waals surface area contributed by atoms with Gasteiger partial charge < -0.3 is 10.4 Å². The summed E-state index contributed by atoms with van der Waals surface area (Å²) in [5, 5.41) is 12.4. The lowest BCUT2D eigenvalue weighted by Gasteiger charge is -2.33. The van der Waals surface area contributed by atoms with Gasteiger partial charge in [-0.3, -0.25) is 4.79 Å². The Morgan fingerprint density at radius 1 is 1.23 bits per heavy atom. The summed E-state index contributed by atoms with van der Waals surface area (Å²) in [6.07, 6.45) is -3.94. The summed E-state index contributed by atoms with van der Waals surface area (Å²) in [7, 11) is 0. The number of benzene rings is 1. The minimum atomic E-state index is -4.30. The van der Waals surface area contributed by atoms with E-state index in [1.54, 1.807) is 30.3 Å². The summed E-state index contributed by atoms with van der Waals surface area (Å²) in [5.74, 6) is -2.03. The van der Waals surface area contributed by atoms with Crippen LogP contribution >= 0.6 is 0 Å². The van der Waals surface area contributed by atoms with Gasteiger partial charge in [0, 0.05) is 6.04 Å². The second-order valence-corrected chi connectivity index (χ2v) is 5.74. The van der Waals surface area contributed by atoms with Gasteiger partial charge in [-0.05, 0) is 18.4 Å². The number of hydrogen-bond acceptors (Lipinski definition) is 2. The smallest absolute Gasteiger partial charge is 0.388 e. The first kappa shape index (κ1) is 16.8. The lowest BCUT2D eigenvalue weighted by molar-refractivity contribution is -0.189. The molecule has 0 saturated heterocycles. The summed E-state index contributed by atoms with van der Waals surface area (Å²) in [6.45, 7) is 0. The maximum absolute atomic E-state index is 13.0. The van der Waals surface area contributed by atoms with E-state index in [-0.39, 0.29) is 12.8 Å². The highest BCUT2D eigenvalue weighted by atomic mass is 19.4. The predicted molar refractivity (Wildman–Crippen MR) is 76.0 cm³/mol. The van der Waals surface area contributed by atoms with Crippen molar-refractivity contribution >= 4 is 5.91 Å². The van der Waals surface area contributed by atoms with Crippen molar-refractivity contribution < 1.29 is 23.1 Å². The van der Waals surface area contributed by atoms with E-state index in [9.17, 15) is 23.1 Å². The second kappa shape index (κ2) is 7.13. The van der Waals surface area contributed by atoms with Crippen molar-refractivity contribution in [2.75, 3.05) is 0 Å². The standard InChI is InChI=1S/C16H20F3NO2/c17-16(18,19)12-8-4-5-9-13(12)20-15(22)10-14(21)11-6-2-1-3-7-11/h1-3,6-7,12-14,21H,4-5,8-10H2,(H,20,22). The molecule has 3 atom stereocenters. The monoisotopic (exact) mass is 315 g/mol. The van der Waals surface area contributed by atoms with Crippen molar-refractivity contribution in [1.29, 1.82) is 0 Å². The lowest BCUT2D eigenvalue weighted by Crippen LogP contribution is -2.47. The molecule has 3 unspecified atom stereocenters. The molecule has 1 fully saturated rings. The Morgan fingerprint density at radius 3 is 2.50 bits per heavy atom. The topological polar surface area (TPSA) is 49.3 Å².